The molecule has 0 aliphatic heterocycles. The molecule has 11 heteroatoms. The standard InChI is InChI=1S/C15H23F3N2O4S2/c1-3-5-9-20(10-6-4-2)26(23,24)14-8-7-12(25(19,21)22)11-13(14)15(16,17)18/h7-8,11H,3-6,9-10H2,1-2H3,(H2,19,21,22). The summed E-state index contributed by atoms with van der Waals surface area (Å²) in [6, 6.07) is 1.69. The number of benzene rings is 1. The smallest absolute Gasteiger partial charge is 0.225 e. The monoisotopic (exact) mass is 416 g/mol. The fraction of sp³-hybridized carbons (Fsp3) is 0.600. The number of primary sulfonamides is 1. The van der Waals surface area contributed by atoms with E-state index in [-0.39, 0.29) is 19.2 Å². The molecule has 0 heterocycles. The fourth-order valence-corrected chi connectivity index (χ4v) is 4.54. The minimum absolute atomic E-state index is 0.0903. The van der Waals surface area contributed by atoms with Crippen molar-refractivity contribution in [3.8, 4) is 0 Å². The number of nitrogens with zero attached hydrogens (tertiary/aromatic N) is 1. The Morgan fingerprint density at radius 2 is 1.50 bits per heavy atom. The lowest BCUT2D eigenvalue weighted by atomic mass is 10.2. The Morgan fingerprint density at radius 1 is 1.00 bits per heavy atom. The number of nitrogens with two attached hydrogens (primary N) is 1. The van der Waals surface area contributed by atoms with E-state index in [0.29, 0.717) is 31.7 Å². The van der Waals surface area contributed by atoms with Gasteiger partial charge in [-0.25, -0.2) is 22.0 Å². The predicted molar refractivity (Wildman–Crippen MR) is 91.4 cm³/mol. The van der Waals surface area contributed by atoms with Crippen molar-refractivity contribution in [3.05, 3.63) is 23.8 Å². The Balaban J connectivity index is 3.54. The van der Waals surface area contributed by atoms with Gasteiger partial charge in [0, 0.05) is 13.1 Å². The molecule has 2 N–H and O–H groups in total. The van der Waals surface area contributed by atoms with Gasteiger partial charge in [0.2, 0.25) is 20.0 Å². The number of unbranched alkanes of at least 4 members (excludes halogenated alkanes) is 2. The van der Waals surface area contributed by atoms with E-state index in [4.69, 9.17) is 5.14 Å². The lowest BCUT2D eigenvalue weighted by Gasteiger charge is -2.24. The van der Waals surface area contributed by atoms with E-state index in [1.54, 1.807) is 0 Å². The average Bonchev–Trinajstić information content (AvgIpc) is 2.52. The van der Waals surface area contributed by atoms with Gasteiger partial charge in [0.25, 0.3) is 0 Å². The third-order valence-electron chi connectivity index (χ3n) is 3.72. The van der Waals surface area contributed by atoms with Crippen LogP contribution in [0.25, 0.3) is 0 Å². The van der Waals surface area contributed by atoms with E-state index < -0.39 is 41.6 Å². The number of sulfonamides is 2. The highest BCUT2D eigenvalue weighted by molar-refractivity contribution is 7.89. The molecule has 0 fully saturated rings. The first-order valence-corrected chi connectivity index (χ1v) is 11.1. The molecule has 1 rings (SSSR count). The maximum atomic E-state index is 13.4. The van der Waals surface area contributed by atoms with Crippen LogP contribution in [0.4, 0.5) is 13.2 Å². The Bertz CT molecular complexity index is 814. The number of hydrogen-bond donors (Lipinski definition) is 1. The molecule has 0 bridgehead atoms. The van der Waals surface area contributed by atoms with Gasteiger partial charge in [-0.1, -0.05) is 26.7 Å². The SMILES string of the molecule is CCCCN(CCCC)S(=O)(=O)c1ccc(S(N)(=O)=O)cc1C(F)(F)F. The van der Waals surface area contributed by atoms with Crippen LogP contribution in [0.1, 0.15) is 45.1 Å². The van der Waals surface area contributed by atoms with Gasteiger partial charge < -0.3 is 0 Å². The summed E-state index contributed by atoms with van der Waals surface area (Å²) in [7, 11) is -8.85. The molecule has 0 atom stereocenters. The number of alkyl halides is 3. The van der Waals surface area contributed by atoms with Crippen LogP contribution in [0, 0.1) is 0 Å². The molecule has 0 amide bonds. The topological polar surface area (TPSA) is 97.5 Å². The molecule has 1 aromatic carbocycles. The lowest BCUT2D eigenvalue weighted by Crippen LogP contribution is -2.34. The third kappa shape index (κ3) is 5.66. The van der Waals surface area contributed by atoms with Gasteiger partial charge in [-0.15, -0.1) is 0 Å². The fourth-order valence-electron chi connectivity index (χ4n) is 2.29. The summed E-state index contributed by atoms with van der Waals surface area (Å²) in [4.78, 5) is -1.76. The van der Waals surface area contributed by atoms with E-state index in [1.165, 1.54) is 0 Å². The number of rotatable bonds is 9. The maximum absolute atomic E-state index is 13.4. The van der Waals surface area contributed by atoms with Crippen LogP contribution in [-0.2, 0) is 26.2 Å². The van der Waals surface area contributed by atoms with Gasteiger partial charge in [0.1, 0.15) is 0 Å². The summed E-state index contributed by atoms with van der Waals surface area (Å²) in [6.07, 6.45) is -2.70. The van der Waals surface area contributed by atoms with E-state index in [9.17, 15) is 30.0 Å². The summed E-state index contributed by atoms with van der Waals surface area (Å²) < 4.78 is 89.5. The van der Waals surface area contributed by atoms with Gasteiger partial charge in [-0.2, -0.15) is 17.5 Å². The zero-order valence-electron chi connectivity index (χ0n) is 14.6. The summed E-state index contributed by atoms with van der Waals surface area (Å²) in [6.45, 7) is 3.86. The van der Waals surface area contributed by atoms with Crippen molar-refractivity contribution in [1.29, 1.82) is 0 Å². The van der Waals surface area contributed by atoms with Crippen molar-refractivity contribution < 1.29 is 30.0 Å². The average molecular weight is 416 g/mol. The highest BCUT2D eigenvalue weighted by atomic mass is 32.2. The largest absolute Gasteiger partial charge is 0.417 e. The van der Waals surface area contributed by atoms with E-state index >= 15 is 0 Å². The van der Waals surface area contributed by atoms with Crippen LogP contribution in [0.2, 0.25) is 0 Å². The molecular formula is C15H23F3N2O4S2. The minimum Gasteiger partial charge on any atom is -0.225 e. The number of hydrogen-bond acceptors (Lipinski definition) is 4. The van der Waals surface area contributed by atoms with E-state index in [1.807, 2.05) is 13.8 Å². The van der Waals surface area contributed by atoms with Crippen LogP contribution in [0.15, 0.2) is 28.0 Å². The normalized spacial score (nSPS) is 13.3. The molecule has 26 heavy (non-hydrogen) atoms. The molecule has 0 aliphatic carbocycles. The Labute approximate surface area is 152 Å². The minimum atomic E-state index is -5.05. The second kappa shape index (κ2) is 8.68. The second-order valence-corrected chi connectivity index (χ2v) is 9.28. The first kappa shape index (κ1) is 22.9. The summed E-state index contributed by atoms with van der Waals surface area (Å²) >= 11 is 0. The van der Waals surface area contributed by atoms with Crippen molar-refractivity contribution >= 4 is 20.0 Å². The highest BCUT2D eigenvalue weighted by Crippen LogP contribution is 2.36. The van der Waals surface area contributed by atoms with Gasteiger partial charge >= 0.3 is 6.18 Å². The molecule has 0 radical (unpaired) electrons. The van der Waals surface area contributed by atoms with Gasteiger partial charge in [0.15, 0.2) is 0 Å². The number of halogens is 3. The van der Waals surface area contributed by atoms with E-state index in [0.717, 1.165) is 10.4 Å². The maximum Gasteiger partial charge on any atom is 0.417 e. The second-order valence-electron chi connectivity index (χ2n) is 5.81. The van der Waals surface area contributed by atoms with Crippen molar-refractivity contribution in [1.82, 2.24) is 4.31 Å². The van der Waals surface area contributed by atoms with Crippen molar-refractivity contribution in [2.45, 2.75) is 55.5 Å². The highest BCUT2D eigenvalue weighted by Gasteiger charge is 2.39. The molecule has 0 spiro atoms. The Kier molecular flexibility index (Phi) is 7.63. The summed E-state index contributed by atoms with van der Waals surface area (Å²) in [5.74, 6) is 0. The third-order valence-corrected chi connectivity index (χ3v) is 6.59. The Morgan fingerprint density at radius 3 is 1.88 bits per heavy atom. The quantitative estimate of drug-likeness (QED) is 0.669. The lowest BCUT2D eigenvalue weighted by molar-refractivity contribution is -0.140. The van der Waals surface area contributed by atoms with Crippen LogP contribution in [0.3, 0.4) is 0 Å². The van der Waals surface area contributed by atoms with Crippen LogP contribution in [-0.4, -0.2) is 34.2 Å². The van der Waals surface area contributed by atoms with E-state index in [2.05, 4.69) is 0 Å². The first-order valence-electron chi connectivity index (χ1n) is 8.09. The summed E-state index contributed by atoms with van der Waals surface area (Å²) in [5, 5.41) is 4.86. The van der Waals surface area contributed by atoms with Crippen LogP contribution < -0.4 is 5.14 Å². The molecule has 0 unspecified atom stereocenters. The molecule has 1 aromatic rings. The molecule has 0 aromatic heterocycles. The molecule has 0 aliphatic rings. The molecule has 150 valence electrons. The molecule has 0 saturated carbocycles. The molecule has 6 nitrogen and oxygen atoms in total. The zero-order chi connectivity index (χ0) is 20.2. The van der Waals surface area contributed by atoms with Gasteiger partial charge in [-0.05, 0) is 31.0 Å². The first-order chi connectivity index (χ1) is 11.9. The van der Waals surface area contributed by atoms with Crippen LogP contribution in [0.5, 0.6) is 0 Å². The summed E-state index contributed by atoms with van der Waals surface area (Å²) in [5.41, 5.74) is -1.54. The Hall–Kier alpha value is -1.17. The van der Waals surface area contributed by atoms with Gasteiger partial charge in [-0.3, -0.25) is 0 Å². The van der Waals surface area contributed by atoms with Crippen molar-refractivity contribution in [2.75, 3.05) is 13.1 Å². The predicted octanol–water partition coefficient (Wildman–Crippen LogP) is 2.94. The van der Waals surface area contributed by atoms with Crippen molar-refractivity contribution in [2.24, 2.45) is 5.14 Å². The molecular weight excluding hydrogens is 393 g/mol. The van der Waals surface area contributed by atoms with Crippen LogP contribution >= 0.6 is 0 Å². The van der Waals surface area contributed by atoms with Gasteiger partial charge in [0.05, 0.1) is 15.4 Å². The molecule has 0 saturated heterocycles. The van der Waals surface area contributed by atoms with Crippen molar-refractivity contribution in [3.63, 3.8) is 0 Å². The zero-order valence-corrected chi connectivity index (χ0v) is 16.2.